The summed E-state index contributed by atoms with van der Waals surface area (Å²) >= 11 is 0. The van der Waals surface area contributed by atoms with Gasteiger partial charge in [0.1, 0.15) is 11.7 Å². The zero-order valence-electron chi connectivity index (χ0n) is 24.0. The van der Waals surface area contributed by atoms with E-state index in [1.165, 1.54) is 20.8 Å². The molecule has 0 spiro atoms. The van der Waals surface area contributed by atoms with Crippen molar-refractivity contribution in [1.29, 1.82) is 5.26 Å². The van der Waals surface area contributed by atoms with Crippen LogP contribution in [0.15, 0.2) is 48.7 Å². The number of fused-ring (bicyclic) bond motifs is 1. The van der Waals surface area contributed by atoms with E-state index in [2.05, 4.69) is 11.1 Å². The number of allylic oxidation sites excluding steroid dienone is 1. The summed E-state index contributed by atoms with van der Waals surface area (Å²) in [5.41, 5.74) is -1.64. The van der Waals surface area contributed by atoms with Gasteiger partial charge in [0.15, 0.2) is 0 Å². The van der Waals surface area contributed by atoms with Crippen LogP contribution >= 0.6 is 0 Å². The smallest absolute Gasteiger partial charge is 0.314 e. The Morgan fingerprint density at radius 2 is 1.82 bits per heavy atom. The van der Waals surface area contributed by atoms with Crippen molar-refractivity contribution in [2.24, 2.45) is 28.6 Å². The predicted octanol–water partition coefficient (Wildman–Crippen LogP) is 6.84. The summed E-state index contributed by atoms with van der Waals surface area (Å²) in [4.78, 5) is 31.4. The number of hydrogen-bond donors (Lipinski definition) is 0. The lowest BCUT2D eigenvalue weighted by Gasteiger charge is -2.53. The molecule has 0 amide bonds. The van der Waals surface area contributed by atoms with Gasteiger partial charge in [-0.25, -0.2) is 8.78 Å². The van der Waals surface area contributed by atoms with Crippen molar-refractivity contribution in [3.63, 3.8) is 0 Å². The molecule has 1 aromatic heterocycles. The molecule has 1 saturated carbocycles. The van der Waals surface area contributed by atoms with Gasteiger partial charge >= 0.3 is 11.9 Å². The molecule has 2 fully saturated rings. The van der Waals surface area contributed by atoms with E-state index in [-0.39, 0.29) is 0 Å². The number of rotatable bonds is 5. The number of nitriles is 1. The molecule has 212 valence electrons. The average molecular weight is 551 g/mol. The first-order chi connectivity index (χ1) is 18.5. The third-order valence-corrected chi connectivity index (χ3v) is 8.56. The Morgan fingerprint density at radius 1 is 1.15 bits per heavy atom. The molecule has 6 nitrogen and oxygen atoms in total. The Kier molecular flexibility index (Phi) is 7.42. The normalized spacial score (nSPS) is 28.1. The van der Waals surface area contributed by atoms with Crippen LogP contribution in [0.2, 0.25) is 0 Å². The number of alkyl halides is 2. The van der Waals surface area contributed by atoms with Crippen molar-refractivity contribution in [1.82, 2.24) is 4.98 Å². The number of carbonyl (C=O) groups excluding carboxylic acids is 2. The molecule has 1 unspecified atom stereocenters. The van der Waals surface area contributed by atoms with E-state index >= 15 is 8.78 Å². The van der Waals surface area contributed by atoms with E-state index < -0.39 is 64.6 Å². The van der Waals surface area contributed by atoms with Gasteiger partial charge in [-0.15, -0.1) is 0 Å². The standard InChI is InChI=1S/C32H36F2N2O4/c1-19-24(15-14-23-13-12-22(17-36-23)25-11-9-8-10-21(25)16-35)26-20(2)39-28(38)31(26,18-32(19,33)34)30(6,7)27(37)40-29(3,4)5/h8-15,17,19-20,24,26H,18H2,1-7H3/t19-,20+,24-,26-,31?/m0/s1. The van der Waals surface area contributed by atoms with E-state index in [0.29, 0.717) is 11.3 Å². The molecule has 0 bridgehead atoms. The molecule has 8 heteroatoms. The van der Waals surface area contributed by atoms with Gasteiger partial charge in [0, 0.05) is 35.6 Å². The van der Waals surface area contributed by atoms with Gasteiger partial charge in [-0.1, -0.05) is 37.3 Å². The minimum atomic E-state index is -3.24. The van der Waals surface area contributed by atoms with Crippen LogP contribution in [0.3, 0.4) is 0 Å². The highest BCUT2D eigenvalue weighted by Gasteiger charge is 2.74. The van der Waals surface area contributed by atoms with Crippen LogP contribution < -0.4 is 0 Å². The number of hydrogen-bond acceptors (Lipinski definition) is 6. The summed E-state index contributed by atoms with van der Waals surface area (Å²) in [6, 6.07) is 12.9. The fraction of sp³-hybridized carbons (Fsp3) is 0.500. The minimum absolute atomic E-state index is 0.523. The van der Waals surface area contributed by atoms with Gasteiger partial charge in [0.25, 0.3) is 5.92 Å². The number of ether oxygens (including phenoxy) is 2. The van der Waals surface area contributed by atoms with Crippen LogP contribution in [-0.2, 0) is 19.1 Å². The van der Waals surface area contributed by atoms with Crippen LogP contribution in [0.25, 0.3) is 17.2 Å². The van der Waals surface area contributed by atoms with E-state index in [4.69, 9.17) is 9.47 Å². The summed E-state index contributed by atoms with van der Waals surface area (Å²) in [6.07, 6.45) is 3.50. The number of aromatic nitrogens is 1. The first kappa shape index (κ1) is 29.4. The summed E-state index contributed by atoms with van der Waals surface area (Å²) in [7, 11) is 0. The molecule has 1 aromatic carbocycles. The van der Waals surface area contributed by atoms with Crippen molar-refractivity contribution in [2.75, 3.05) is 0 Å². The molecule has 1 aliphatic carbocycles. The second-order valence-corrected chi connectivity index (χ2v) is 12.5. The zero-order chi connectivity index (χ0) is 29.7. The fourth-order valence-corrected chi connectivity index (χ4v) is 6.31. The lowest BCUT2D eigenvalue weighted by Crippen LogP contribution is -2.61. The van der Waals surface area contributed by atoms with Crippen LogP contribution in [0, 0.1) is 39.9 Å². The van der Waals surface area contributed by atoms with Gasteiger partial charge in [0.05, 0.1) is 28.2 Å². The van der Waals surface area contributed by atoms with Gasteiger partial charge < -0.3 is 9.47 Å². The zero-order valence-corrected chi connectivity index (χ0v) is 24.0. The number of carbonyl (C=O) groups is 2. The molecule has 2 aliphatic rings. The fourth-order valence-electron chi connectivity index (χ4n) is 6.31. The minimum Gasteiger partial charge on any atom is -0.462 e. The van der Waals surface area contributed by atoms with Crippen molar-refractivity contribution in [2.45, 2.75) is 72.5 Å². The predicted molar refractivity (Wildman–Crippen MR) is 147 cm³/mol. The quantitative estimate of drug-likeness (QED) is 0.379. The number of pyridine rings is 1. The number of nitrogens with zero attached hydrogens (tertiary/aromatic N) is 2. The Balaban J connectivity index is 1.73. The monoisotopic (exact) mass is 550 g/mol. The summed E-state index contributed by atoms with van der Waals surface area (Å²) in [6.45, 7) is 11.3. The van der Waals surface area contributed by atoms with Gasteiger partial charge in [-0.2, -0.15) is 5.26 Å². The average Bonchev–Trinajstić information content (AvgIpc) is 3.13. The largest absolute Gasteiger partial charge is 0.462 e. The number of esters is 2. The van der Waals surface area contributed by atoms with Crippen LogP contribution in [-0.4, -0.2) is 34.6 Å². The Labute approximate surface area is 234 Å². The topological polar surface area (TPSA) is 89.3 Å². The first-order valence-electron chi connectivity index (χ1n) is 13.5. The number of cyclic esters (lactones) is 1. The molecular formula is C32H36F2N2O4. The highest BCUT2D eigenvalue weighted by atomic mass is 19.3. The molecule has 5 atom stereocenters. The van der Waals surface area contributed by atoms with Crippen LogP contribution in [0.5, 0.6) is 0 Å². The van der Waals surface area contributed by atoms with E-state index in [1.807, 2.05) is 18.2 Å². The third-order valence-electron chi connectivity index (χ3n) is 8.56. The SMILES string of the molecule is C[C@H]1OC(=O)C2(C(C)(C)C(=O)OC(C)(C)C)CC(F)(F)[C@@H](C)[C@H](C=Cc3ccc(-c4ccccc4C#N)cn3)[C@H]12. The number of benzene rings is 1. The van der Waals surface area contributed by atoms with Crippen molar-refractivity contribution in [3.8, 4) is 17.2 Å². The molecule has 1 saturated heterocycles. The summed E-state index contributed by atoms with van der Waals surface area (Å²) in [5, 5.41) is 9.41. The summed E-state index contributed by atoms with van der Waals surface area (Å²) < 4.78 is 42.8. The molecule has 2 aromatic rings. The maximum absolute atomic E-state index is 15.8. The second kappa shape index (κ2) is 10.1. The Bertz CT molecular complexity index is 1370. The maximum Gasteiger partial charge on any atom is 0.314 e. The summed E-state index contributed by atoms with van der Waals surface area (Å²) in [5.74, 6) is -7.33. The second-order valence-electron chi connectivity index (χ2n) is 12.5. The third kappa shape index (κ3) is 4.91. The molecule has 40 heavy (non-hydrogen) atoms. The maximum atomic E-state index is 15.8. The van der Waals surface area contributed by atoms with Gasteiger partial charge in [0.2, 0.25) is 0 Å². The first-order valence-corrected chi connectivity index (χ1v) is 13.5. The Morgan fingerprint density at radius 3 is 2.42 bits per heavy atom. The van der Waals surface area contributed by atoms with Crippen LogP contribution in [0.1, 0.15) is 66.1 Å². The highest BCUT2D eigenvalue weighted by molar-refractivity contribution is 5.90. The highest BCUT2D eigenvalue weighted by Crippen LogP contribution is 2.65. The van der Waals surface area contributed by atoms with Crippen molar-refractivity contribution >= 4 is 18.0 Å². The Hall–Kier alpha value is -3.60. The van der Waals surface area contributed by atoms with Gasteiger partial charge in [-0.3, -0.25) is 14.6 Å². The van der Waals surface area contributed by atoms with Crippen molar-refractivity contribution < 1.29 is 27.8 Å². The van der Waals surface area contributed by atoms with E-state index in [9.17, 15) is 14.9 Å². The lowest BCUT2D eigenvalue weighted by molar-refractivity contribution is -0.208. The number of halogens is 2. The van der Waals surface area contributed by atoms with E-state index in [0.717, 1.165) is 11.1 Å². The molecule has 4 rings (SSSR count). The van der Waals surface area contributed by atoms with Gasteiger partial charge in [-0.05, 0) is 65.7 Å². The molecule has 0 radical (unpaired) electrons. The molecular weight excluding hydrogens is 514 g/mol. The molecule has 0 N–H and O–H groups in total. The van der Waals surface area contributed by atoms with E-state index in [1.54, 1.807) is 64.2 Å². The van der Waals surface area contributed by atoms with Crippen molar-refractivity contribution in [3.05, 3.63) is 59.9 Å². The molecule has 2 heterocycles. The lowest BCUT2D eigenvalue weighted by atomic mass is 9.48. The van der Waals surface area contributed by atoms with Crippen LogP contribution in [0.4, 0.5) is 8.78 Å². The molecule has 1 aliphatic heterocycles.